The molecule has 0 atom stereocenters. The number of benzene rings is 1. The minimum Gasteiger partial charge on any atom is -0.399 e. The predicted octanol–water partition coefficient (Wildman–Crippen LogP) is 1.49. The molecule has 3 rings (SSSR count). The lowest BCUT2D eigenvalue weighted by molar-refractivity contribution is 0.718. The van der Waals surface area contributed by atoms with Crippen LogP contribution in [-0.2, 0) is 13.0 Å². The van der Waals surface area contributed by atoms with Gasteiger partial charge in [-0.05, 0) is 29.7 Å². The van der Waals surface area contributed by atoms with Crippen molar-refractivity contribution in [1.82, 2.24) is 9.97 Å². The molecule has 0 aliphatic carbocycles. The van der Waals surface area contributed by atoms with E-state index in [1.54, 1.807) is 6.20 Å². The summed E-state index contributed by atoms with van der Waals surface area (Å²) in [6.45, 7) is 1.68. The molecule has 1 aliphatic heterocycles. The van der Waals surface area contributed by atoms with E-state index in [9.17, 15) is 0 Å². The molecule has 2 N–H and O–H groups in total. The van der Waals surface area contributed by atoms with Gasteiger partial charge < -0.3 is 10.6 Å². The molecular formula is C14H13N5. The van der Waals surface area contributed by atoms with E-state index in [-0.39, 0.29) is 0 Å². The molecule has 0 fully saturated rings. The van der Waals surface area contributed by atoms with Crippen LogP contribution in [0.15, 0.2) is 30.6 Å². The van der Waals surface area contributed by atoms with Gasteiger partial charge in [-0.3, -0.25) is 0 Å². The van der Waals surface area contributed by atoms with Gasteiger partial charge in [-0.15, -0.1) is 0 Å². The third-order valence-corrected chi connectivity index (χ3v) is 3.32. The first kappa shape index (κ1) is 11.5. The fourth-order valence-electron chi connectivity index (χ4n) is 2.31. The SMILES string of the molecule is N#Cc1cnc(N2CCc3ccc(N)cc3C2)cn1. The number of anilines is 2. The topological polar surface area (TPSA) is 78.8 Å². The van der Waals surface area contributed by atoms with E-state index in [0.29, 0.717) is 5.69 Å². The number of hydrogen-bond acceptors (Lipinski definition) is 5. The maximum Gasteiger partial charge on any atom is 0.158 e. The lowest BCUT2D eigenvalue weighted by Gasteiger charge is -2.29. The fourth-order valence-corrected chi connectivity index (χ4v) is 2.31. The van der Waals surface area contributed by atoms with Crippen molar-refractivity contribution in [2.45, 2.75) is 13.0 Å². The molecule has 0 spiro atoms. The summed E-state index contributed by atoms with van der Waals surface area (Å²) in [5, 5.41) is 8.72. The van der Waals surface area contributed by atoms with Crippen LogP contribution in [0.2, 0.25) is 0 Å². The largest absolute Gasteiger partial charge is 0.399 e. The van der Waals surface area contributed by atoms with Gasteiger partial charge in [0.05, 0.1) is 12.4 Å². The zero-order chi connectivity index (χ0) is 13.2. The molecule has 0 unspecified atom stereocenters. The average molecular weight is 251 g/mol. The second-order valence-electron chi connectivity index (χ2n) is 4.57. The Morgan fingerprint density at radius 1 is 1.21 bits per heavy atom. The van der Waals surface area contributed by atoms with E-state index in [4.69, 9.17) is 11.0 Å². The van der Waals surface area contributed by atoms with Crippen LogP contribution in [0.3, 0.4) is 0 Å². The first-order valence-electron chi connectivity index (χ1n) is 6.10. The maximum absolute atomic E-state index is 8.72. The van der Waals surface area contributed by atoms with Crippen LogP contribution >= 0.6 is 0 Å². The minimum atomic E-state index is 0.338. The first-order valence-corrected chi connectivity index (χ1v) is 6.10. The zero-order valence-corrected chi connectivity index (χ0v) is 10.4. The maximum atomic E-state index is 8.72. The van der Waals surface area contributed by atoms with Gasteiger partial charge in [-0.2, -0.15) is 5.26 Å². The second-order valence-corrected chi connectivity index (χ2v) is 4.57. The van der Waals surface area contributed by atoms with Crippen molar-refractivity contribution in [2.24, 2.45) is 0 Å². The third-order valence-electron chi connectivity index (χ3n) is 3.32. The quantitative estimate of drug-likeness (QED) is 0.777. The van der Waals surface area contributed by atoms with Crippen molar-refractivity contribution in [2.75, 3.05) is 17.2 Å². The number of nitrogen functional groups attached to an aromatic ring is 1. The lowest BCUT2D eigenvalue weighted by Crippen LogP contribution is -2.31. The van der Waals surface area contributed by atoms with Gasteiger partial charge in [0.1, 0.15) is 11.9 Å². The summed E-state index contributed by atoms with van der Waals surface area (Å²) in [6.07, 6.45) is 4.12. The number of nitriles is 1. The van der Waals surface area contributed by atoms with Crippen LogP contribution in [-0.4, -0.2) is 16.5 Å². The van der Waals surface area contributed by atoms with Gasteiger partial charge in [0.15, 0.2) is 5.69 Å². The van der Waals surface area contributed by atoms with Gasteiger partial charge in [-0.1, -0.05) is 6.07 Å². The van der Waals surface area contributed by atoms with Gasteiger partial charge in [0.2, 0.25) is 0 Å². The molecule has 2 heterocycles. The zero-order valence-electron chi connectivity index (χ0n) is 10.4. The number of rotatable bonds is 1. The molecular weight excluding hydrogens is 238 g/mol. The molecule has 0 bridgehead atoms. The number of hydrogen-bond donors (Lipinski definition) is 1. The Labute approximate surface area is 111 Å². The normalized spacial score (nSPS) is 13.7. The molecule has 0 amide bonds. The van der Waals surface area contributed by atoms with Crippen molar-refractivity contribution in [3.05, 3.63) is 47.4 Å². The van der Waals surface area contributed by atoms with Crippen LogP contribution in [0.25, 0.3) is 0 Å². The Kier molecular flexibility index (Phi) is 2.76. The smallest absolute Gasteiger partial charge is 0.158 e. The van der Waals surface area contributed by atoms with Crippen LogP contribution in [0.1, 0.15) is 16.8 Å². The lowest BCUT2D eigenvalue weighted by atomic mass is 9.99. The first-order chi connectivity index (χ1) is 9.26. The molecule has 5 heteroatoms. The summed E-state index contributed by atoms with van der Waals surface area (Å²) >= 11 is 0. The number of nitrogens with two attached hydrogens (primary N) is 1. The van der Waals surface area contributed by atoms with Crippen LogP contribution in [0, 0.1) is 11.3 Å². The number of aromatic nitrogens is 2. The number of fused-ring (bicyclic) bond motifs is 1. The highest BCUT2D eigenvalue weighted by molar-refractivity contribution is 5.49. The number of nitrogens with zero attached hydrogens (tertiary/aromatic N) is 4. The highest BCUT2D eigenvalue weighted by Crippen LogP contribution is 2.24. The van der Waals surface area contributed by atoms with E-state index >= 15 is 0 Å². The van der Waals surface area contributed by atoms with Crippen molar-refractivity contribution in [3.8, 4) is 6.07 Å². The Hall–Kier alpha value is -2.61. The Balaban J connectivity index is 1.86. The van der Waals surface area contributed by atoms with Crippen LogP contribution in [0.5, 0.6) is 0 Å². The van der Waals surface area contributed by atoms with Crippen molar-refractivity contribution < 1.29 is 0 Å². The highest BCUT2D eigenvalue weighted by atomic mass is 15.2. The van der Waals surface area contributed by atoms with Crippen LogP contribution in [0.4, 0.5) is 11.5 Å². The summed E-state index contributed by atoms with van der Waals surface area (Å²) in [7, 11) is 0. The minimum absolute atomic E-state index is 0.338. The van der Waals surface area contributed by atoms with Crippen molar-refractivity contribution in [3.63, 3.8) is 0 Å². The second kappa shape index (κ2) is 4.58. The summed E-state index contributed by atoms with van der Waals surface area (Å²) in [4.78, 5) is 10.5. The molecule has 94 valence electrons. The molecule has 0 saturated carbocycles. The van der Waals surface area contributed by atoms with E-state index in [0.717, 1.165) is 31.0 Å². The van der Waals surface area contributed by atoms with Crippen molar-refractivity contribution in [1.29, 1.82) is 5.26 Å². The Morgan fingerprint density at radius 3 is 2.84 bits per heavy atom. The molecule has 1 aliphatic rings. The monoisotopic (exact) mass is 251 g/mol. The summed E-state index contributed by atoms with van der Waals surface area (Å²) in [5.74, 6) is 0.798. The van der Waals surface area contributed by atoms with Crippen molar-refractivity contribution >= 4 is 11.5 Å². The molecule has 5 nitrogen and oxygen atoms in total. The molecule has 0 saturated heterocycles. The molecule has 1 aromatic heterocycles. The summed E-state index contributed by atoms with van der Waals surface area (Å²) < 4.78 is 0. The Morgan fingerprint density at radius 2 is 2.11 bits per heavy atom. The van der Waals surface area contributed by atoms with Gasteiger partial charge in [-0.25, -0.2) is 9.97 Å². The standard InChI is InChI=1S/C14H13N5/c15-6-13-7-18-14(8-17-13)19-4-3-10-1-2-12(16)5-11(10)9-19/h1-2,5,7-8H,3-4,9,16H2. The highest BCUT2D eigenvalue weighted by Gasteiger charge is 2.17. The third kappa shape index (κ3) is 2.20. The summed E-state index contributed by atoms with van der Waals surface area (Å²) in [6, 6.07) is 8.01. The average Bonchev–Trinajstić information content (AvgIpc) is 2.46. The van der Waals surface area contributed by atoms with Gasteiger partial charge in [0.25, 0.3) is 0 Å². The van der Waals surface area contributed by atoms with Crippen LogP contribution < -0.4 is 10.6 Å². The molecule has 19 heavy (non-hydrogen) atoms. The van der Waals surface area contributed by atoms with E-state index < -0.39 is 0 Å². The fraction of sp³-hybridized carbons (Fsp3) is 0.214. The van der Waals surface area contributed by atoms with Gasteiger partial charge in [0, 0.05) is 18.8 Å². The van der Waals surface area contributed by atoms with Gasteiger partial charge >= 0.3 is 0 Å². The van der Waals surface area contributed by atoms with E-state index in [1.165, 1.54) is 17.3 Å². The van der Waals surface area contributed by atoms with E-state index in [1.807, 2.05) is 18.2 Å². The Bertz CT molecular complexity index is 642. The predicted molar refractivity (Wildman–Crippen MR) is 72.4 cm³/mol. The molecule has 0 radical (unpaired) electrons. The summed E-state index contributed by atoms with van der Waals surface area (Å²) in [5.41, 5.74) is 9.52. The molecule has 2 aromatic rings. The molecule has 1 aromatic carbocycles. The van der Waals surface area contributed by atoms with E-state index in [2.05, 4.69) is 20.9 Å².